The van der Waals surface area contributed by atoms with Crippen molar-refractivity contribution in [2.24, 2.45) is 5.92 Å². The van der Waals surface area contributed by atoms with Crippen molar-refractivity contribution in [3.63, 3.8) is 0 Å². The van der Waals surface area contributed by atoms with Crippen molar-refractivity contribution in [2.75, 3.05) is 12.3 Å². The van der Waals surface area contributed by atoms with E-state index in [9.17, 15) is 17.6 Å². The predicted molar refractivity (Wildman–Crippen MR) is 87.0 cm³/mol. The van der Waals surface area contributed by atoms with Crippen LogP contribution in [0.5, 0.6) is 0 Å². The second kappa shape index (κ2) is 7.15. The van der Waals surface area contributed by atoms with Crippen LogP contribution in [-0.4, -0.2) is 37.0 Å². The average molecular weight is 363 g/mol. The lowest BCUT2D eigenvalue weighted by Gasteiger charge is -2.24. The molecule has 128 valence electrons. The summed E-state index contributed by atoms with van der Waals surface area (Å²) in [4.78, 5) is 12.3. The summed E-state index contributed by atoms with van der Waals surface area (Å²) in [5, 5.41) is 2.92. The van der Waals surface area contributed by atoms with Gasteiger partial charge in [-0.2, -0.15) is 4.31 Å². The molecule has 0 spiro atoms. The lowest BCUT2D eigenvalue weighted by atomic mass is 10.1. The summed E-state index contributed by atoms with van der Waals surface area (Å²) in [6, 6.07) is 3.24. The molecule has 0 bridgehead atoms. The van der Waals surface area contributed by atoms with Gasteiger partial charge in [-0.05, 0) is 30.0 Å². The lowest BCUT2D eigenvalue weighted by Crippen LogP contribution is -2.45. The van der Waals surface area contributed by atoms with Crippen LogP contribution in [0.2, 0.25) is 5.02 Å². The lowest BCUT2D eigenvalue weighted by molar-refractivity contribution is -0.124. The molecule has 1 aromatic carbocycles. The largest absolute Gasteiger partial charge is 0.351 e. The molecule has 1 aliphatic rings. The maximum atomic E-state index is 13.0. The molecule has 0 saturated carbocycles. The Bertz CT molecular complexity index is 694. The van der Waals surface area contributed by atoms with Crippen LogP contribution in [0.1, 0.15) is 25.8 Å². The Kier molecular flexibility index (Phi) is 5.65. The number of rotatable bonds is 5. The monoisotopic (exact) mass is 362 g/mol. The number of sulfonamides is 1. The summed E-state index contributed by atoms with van der Waals surface area (Å²) in [5.74, 6) is -0.693. The van der Waals surface area contributed by atoms with Crippen LogP contribution in [-0.2, 0) is 21.4 Å². The molecule has 1 heterocycles. The van der Waals surface area contributed by atoms with Crippen LogP contribution in [0.4, 0.5) is 4.39 Å². The van der Waals surface area contributed by atoms with Crippen LogP contribution in [0.3, 0.4) is 0 Å². The van der Waals surface area contributed by atoms with E-state index in [0.29, 0.717) is 12.1 Å². The molecule has 2 rings (SSSR count). The van der Waals surface area contributed by atoms with Gasteiger partial charge in [0, 0.05) is 18.1 Å². The van der Waals surface area contributed by atoms with Gasteiger partial charge in [-0.1, -0.05) is 31.5 Å². The standard InChI is InChI=1S/C15H20ClFN2O3S/c1-10(2)9-19-14(5-6-23(19,21)22)15(20)18-8-11-3-4-12(17)7-13(11)16/h3-4,7,10,14H,5-6,8-9H2,1-2H3,(H,18,20). The number of hydrogen-bond donors (Lipinski definition) is 1. The third kappa shape index (κ3) is 4.43. The molecule has 1 atom stereocenters. The number of nitrogens with one attached hydrogen (secondary N) is 1. The minimum Gasteiger partial charge on any atom is -0.351 e. The molecular formula is C15H20ClFN2O3S. The molecule has 0 aliphatic carbocycles. The molecule has 1 saturated heterocycles. The molecule has 1 unspecified atom stereocenters. The normalized spacial score (nSPS) is 20.8. The fraction of sp³-hybridized carbons (Fsp3) is 0.533. The number of amides is 1. The maximum absolute atomic E-state index is 13.0. The first-order valence-electron chi connectivity index (χ1n) is 7.42. The van der Waals surface area contributed by atoms with Gasteiger partial charge in [0.25, 0.3) is 0 Å². The van der Waals surface area contributed by atoms with Gasteiger partial charge in [-0.3, -0.25) is 4.79 Å². The minimum atomic E-state index is -3.38. The van der Waals surface area contributed by atoms with E-state index in [1.807, 2.05) is 13.8 Å². The van der Waals surface area contributed by atoms with E-state index >= 15 is 0 Å². The Morgan fingerprint density at radius 2 is 2.17 bits per heavy atom. The molecule has 1 aromatic rings. The van der Waals surface area contributed by atoms with E-state index in [2.05, 4.69) is 5.32 Å². The molecule has 0 aromatic heterocycles. The number of halogens is 2. The predicted octanol–water partition coefficient (Wildman–Crippen LogP) is 2.16. The molecule has 0 radical (unpaired) electrons. The molecule has 1 amide bonds. The summed E-state index contributed by atoms with van der Waals surface area (Å²) in [5.41, 5.74) is 0.581. The SMILES string of the molecule is CC(C)CN1C(C(=O)NCc2ccc(F)cc2Cl)CCS1(=O)=O. The number of carbonyl (C=O) groups is 1. The van der Waals surface area contributed by atoms with E-state index in [1.54, 1.807) is 0 Å². The minimum absolute atomic E-state index is 0.0187. The zero-order valence-corrected chi connectivity index (χ0v) is 14.6. The van der Waals surface area contributed by atoms with Crippen molar-refractivity contribution in [3.05, 3.63) is 34.6 Å². The van der Waals surface area contributed by atoms with Crippen LogP contribution in [0.25, 0.3) is 0 Å². The Balaban J connectivity index is 2.05. The fourth-order valence-corrected chi connectivity index (χ4v) is 4.65. The first kappa shape index (κ1) is 18.2. The molecule has 8 heteroatoms. The molecule has 1 fully saturated rings. The second-order valence-electron chi connectivity index (χ2n) is 6.04. The van der Waals surface area contributed by atoms with Gasteiger partial charge in [-0.25, -0.2) is 12.8 Å². The van der Waals surface area contributed by atoms with E-state index in [1.165, 1.54) is 22.5 Å². The number of hydrogen-bond acceptors (Lipinski definition) is 3. The van der Waals surface area contributed by atoms with Crippen molar-refractivity contribution in [1.29, 1.82) is 0 Å². The van der Waals surface area contributed by atoms with Gasteiger partial charge < -0.3 is 5.32 Å². The van der Waals surface area contributed by atoms with Crippen molar-refractivity contribution < 1.29 is 17.6 Å². The highest BCUT2D eigenvalue weighted by Gasteiger charge is 2.41. The third-order valence-corrected chi connectivity index (χ3v) is 5.89. The number of nitrogens with zero attached hydrogens (tertiary/aromatic N) is 1. The van der Waals surface area contributed by atoms with Crippen molar-refractivity contribution in [2.45, 2.75) is 32.9 Å². The quantitative estimate of drug-likeness (QED) is 0.872. The Morgan fingerprint density at radius 3 is 2.78 bits per heavy atom. The second-order valence-corrected chi connectivity index (χ2v) is 8.49. The van der Waals surface area contributed by atoms with Gasteiger partial charge in [0.15, 0.2) is 0 Å². The van der Waals surface area contributed by atoms with Crippen molar-refractivity contribution in [1.82, 2.24) is 9.62 Å². The highest BCUT2D eigenvalue weighted by Crippen LogP contribution is 2.23. The summed E-state index contributed by atoms with van der Waals surface area (Å²) in [6.45, 7) is 4.25. The zero-order valence-electron chi connectivity index (χ0n) is 13.1. The number of carbonyl (C=O) groups excluding carboxylic acids is 1. The van der Waals surface area contributed by atoms with Gasteiger partial charge in [-0.15, -0.1) is 0 Å². The zero-order chi connectivity index (χ0) is 17.2. The highest BCUT2D eigenvalue weighted by molar-refractivity contribution is 7.89. The summed E-state index contributed by atoms with van der Waals surface area (Å²) < 4.78 is 38.4. The first-order valence-corrected chi connectivity index (χ1v) is 9.40. The molecule has 1 aliphatic heterocycles. The highest BCUT2D eigenvalue weighted by atomic mass is 35.5. The molecular weight excluding hydrogens is 343 g/mol. The Morgan fingerprint density at radius 1 is 1.48 bits per heavy atom. The van der Waals surface area contributed by atoms with Crippen LogP contribution in [0, 0.1) is 11.7 Å². The van der Waals surface area contributed by atoms with Crippen LogP contribution in [0.15, 0.2) is 18.2 Å². The summed E-state index contributed by atoms with van der Waals surface area (Å²) in [7, 11) is -3.38. The van der Waals surface area contributed by atoms with Gasteiger partial charge in [0.2, 0.25) is 15.9 Å². The third-order valence-electron chi connectivity index (χ3n) is 3.67. The molecule has 1 N–H and O–H groups in total. The van der Waals surface area contributed by atoms with Gasteiger partial charge >= 0.3 is 0 Å². The average Bonchev–Trinajstić information content (AvgIpc) is 2.73. The Hall–Kier alpha value is -1.18. The smallest absolute Gasteiger partial charge is 0.238 e. The first-order chi connectivity index (χ1) is 10.7. The topological polar surface area (TPSA) is 66.5 Å². The van der Waals surface area contributed by atoms with Crippen LogP contribution < -0.4 is 5.32 Å². The Labute approximate surface area is 140 Å². The van der Waals surface area contributed by atoms with Gasteiger partial charge in [0.1, 0.15) is 11.9 Å². The van der Waals surface area contributed by atoms with E-state index < -0.39 is 21.9 Å². The maximum Gasteiger partial charge on any atom is 0.238 e. The van der Waals surface area contributed by atoms with E-state index in [4.69, 9.17) is 11.6 Å². The number of benzene rings is 1. The van der Waals surface area contributed by atoms with Crippen LogP contribution >= 0.6 is 11.6 Å². The van der Waals surface area contributed by atoms with Crippen molar-refractivity contribution >= 4 is 27.5 Å². The molecule has 5 nitrogen and oxygen atoms in total. The van der Waals surface area contributed by atoms with Gasteiger partial charge in [0.05, 0.1) is 5.75 Å². The summed E-state index contributed by atoms with van der Waals surface area (Å²) >= 11 is 5.92. The van der Waals surface area contributed by atoms with E-state index in [-0.39, 0.29) is 35.6 Å². The fourth-order valence-electron chi connectivity index (χ4n) is 2.54. The summed E-state index contributed by atoms with van der Waals surface area (Å²) in [6.07, 6.45) is 0.276. The van der Waals surface area contributed by atoms with E-state index in [0.717, 1.165) is 0 Å². The van der Waals surface area contributed by atoms with Crippen molar-refractivity contribution in [3.8, 4) is 0 Å². The molecule has 23 heavy (non-hydrogen) atoms.